The fourth-order valence-electron chi connectivity index (χ4n) is 2.78. The molecule has 0 unspecified atom stereocenters. The van der Waals surface area contributed by atoms with E-state index in [0.717, 1.165) is 0 Å². The zero-order valence-corrected chi connectivity index (χ0v) is 15.1. The number of imidazole rings is 1. The summed E-state index contributed by atoms with van der Waals surface area (Å²) in [5.74, 6) is -0.441. The molecule has 2 aromatic heterocycles. The van der Waals surface area contributed by atoms with E-state index in [0.29, 0.717) is 16.6 Å². The highest BCUT2D eigenvalue weighted by molar-refractivity contribution is 5.89. The van der Waals surface area contributed by atoms with Gasteiger partial charge in [0, 0.05) is 0 Å². The number of para-hydroxylation sites is 2. The number of carbonyl (C=O) groups is 1. The molecule has 0 spiro atoms. The van der Waals surface area contributed by atoms with Crippen molar-refractivity contribution >= 4 is 22.7 Å². The van der Waals surface area contributed by atoms with Crippen molar-refractivity contribution in [3.8, 4) is 17.4 Å². The third-order valence-corrected chi connectivity index (χ3v) is 4.12. The Bertz CT molecular complexity index is 1220. The zero-order valence-electron chi connectivity index (χ0n) is 15.1. The van der Waals surface area contributed by atoms with Crippen LogP contribution >= 0.6 is 0 Å². The molecule has 0 bridgehead atoms. The van der Waals surface area contributed by atoms with Gasteiger partial charge in [-0.3, -0.25) is 14.7 Å². The molecule has 0 saturated heterocycles. The van der Waals surface area contributed by atoms with Crippen LogP contribution in [0.25, 0.3) is 16.9 Å². The average Bonchev–Trinajstić information content (AvgIpc) is 3.17. The Balaban J connectivity index is 1.76. The molecule has 0 radical (unpaired) electrons. The number of ether oxygens (including phenoxy) is 2. The molecule has 0 saturated carbocycles. The van der Waals surface area contributed by atoms with Gasteiger partial charge in [0.05, 0.1) is 28.6 Å². The molecule has 29 heavy (non-hydrogen) atoms. The molecule has 2 aromatic carbocycles. The molecular weight excluding hydrogens is 378 g/mol. The van der Waals surface area contributed by atoms with E-state index in [2.05, 4.69) is 19.7 Å². The van der Waals surface area contributed by atoms with Crippen LogP contribution in [0.3, 0.4) is 0 Å². The molecule has 0 aliphatic heterocycles. The number of hydrogen-bond donors (Lipinski definition) is 0. The minimum absolute atomic E-state index is 0.0277. The Morgan fingerprint density at radius 3 is 2.55 bits per heavy atom. The Morgan fingerprint density at radius 2 is 1.83 bits per heavy atom. The number of nitro groups is 1. The second kappa shape index (κ2) is 7.35. The molecule has 144 valence electrons. The summed E-state index contributed by atoms with van der Waals surface area (Å²) in [6, 6.07) is 13.1. The van der Waals surface area contributed by atoms with E-state index in [4.69, 9.17) is 4.74 Å². The highest BCUT2D eigenvalue weighted by atomic mass is 16.6. The minimum atomic E-state index is -0.609. The molecule has 4 rings (SSSR count). The zero-order chi connectivity index (χ0) is 20.4. The first-order valence-electron chi connectivity index (χ1n) is 8.36. The van der Waals surface area contributed by atoms with Crippen LogP contribution in [0.4, 0.5) is 5.69 Å². The molecule has 10 heteroatoms. The lowest BCUT2D eigenvalue weighted by atomic mass is 10.2. The topological polar surface area (TPSA) is 122 Å². The standard InChI is InChI=1S/C19H13N5O5/c1-28-19(25)12-6-8-13(9-7-12)29-18-16(24(26)27)17(20-10-21-18)23-11-22-14-4-2-3-5-15(14)23/h2-11H,1H3. The van der Waals surface area contributed by atoms with Gasteiger partial charge >= 0.3 is 17.5 Å². The van der Waals surface area contributed by atoms with E-state index in [1.807, 2.05) is 6.07 Å². The lowest BCUT2D eigenvalue weighted by molar-refractivity contribution is -0.386. The summed E-state index contributed by atoms with van der Waals surface area (Å²) >= 11 is 0. The van der Waals surface area contributed by atoms with Crippen molar-refractivity contribution in [2.45, 2.75) is 0 Å². The Kier molecular flexibility index (Phi) is 4.57. The summed E-state index contributed by atoms with van der Waals surface area (Å²) in [4.78, 5) is 34.9. The lowest BCUT2D eigenvalue weighted by Gasteiger charge is -2.09. The maximum absolute atomic E-state index is 11.8. The average molecular weight is 391 g/mol. The predicted molar refractivity (Wildman–Crippen MR) is 101 cm³/mol. The normalized spacial score (nSPS) is 10.7. The number of rotatable bonds is 5. The van der Waals surface area contributed by atoms with Gasteiger partial charge in [-0.25, -0.2) is 14.8 Å². The van der Waals surface area contributed by atoms with Crippen LogP contribution in [0.2, 0.25) is 0 Å². The molecule has 0 aliphatic rings. The van der Waals surface area contributed by atoms with Crippen LogP contribution in [0.1, 0.15) is 10.4 Å². The van der Waals surface area contributed by atoms with E-state index in [1.54, 1.807) is 18.2 Å². The molecule has 0 aliphatic carbocycles. The van der Waals surface area contributed by atoms with Gasteiger partial charge in [0.15, 0.2) is 0 Å². The molecule has 2 heterocycles. The number of methoxy groups -OCH3 is 1. The fraction of sp³-hybridized carbons (Fsp3) is 0.0526. The van der Waals surface area contributed by atoms with Gasteiger partial charge in [0.1, 0.15) is 18.4 Å². The highest BCUT2D eigenvalue weighted by Gasteiger charge is 2.27. The van der Waals surface area contributed by atoms with Crippen LogP contribution in [-0.2, 0) is 4.74 Å². The second-order valence-corrected chi connectivity index (χ2v) is 5.83. The summed E-state index contributed by atoms with van der Waals surface area (Å²) in [6.45, 7) is 0. The van der Waals surface area contributed by atoms with Crippen molar-refractivity contribution < 1.29 is 19.2 Å². The first kappa shape index (κ1) is 18.0. The Hall–Kier alpha value is -4.34. The van der Waals surface area contributed by atoms with Crippen LogP contribution in [0.15, 0.2) is 61.2 Å². The summed E-state index contributed by atoms with van der Waals surface area (Å²) < 4.78 is 11.8. The highest BCUT2D eigenvalue weighted by Crippen LogP contribution is 2.34. The molecule has 10 nitrogen and oxygen atoms in total. The van der Waals surface area contributed by atoms with Gasteiger partial charge in [-0.2, -0.15) is 4.98 Å². The largest absolute Gasteiger partial charge is 0.465 e. The van der Waals surface area contributed by atoms with Crippen molar-refractivity contribution in [1.29, 1.82) is 0 Å². The molecule has 0 N–H and O–H groups in total. The maximum atomic E-state index is 11.8. The lowest BCUT2D eigenvalue weighted by Crippen LogP contribution is -2.05. The summed E-state index contributed by atoms with van der Waals surface area (Å²) in [5.41, 5.74) is 1.24. The SMILES string of the molecule is COC(=O)c1ccc(Oc2ncnc(-n3cnc4ccccc43)c2[N+](=O)[O-])cc1. The Morgan fingerprint density at radius 1 is 1.07 bits per heavy atom. The van der Waals surface area contributed by atoms with E-state index in [9.17, 15) is 14.9 Å². The first-order valence-corrected chi connectivity index (χ1v) is 8.36. The molecule has 0 amide bonds. The summed E-state index contributed by atoms with van der Waals surface area (Å²) in [5, 5.41) is 11.8. The molecular formula is C19H13N5O5. The third-order valence-electron chi connectivity index (χ3n) is 4.12. The number of esters is 1. The van der Waals surface area contributed by atoms with E-state index in [-0.39, 0.29) is 17.4 Å². The van der Waals surface area contributed by atoms with Gasteiger partial charge in [0.2, 0.25) is 5.82 Å². The van der Waals surface area contributed by atoms with Crippen LogP contribution in [-0.4, -0.2) is 37.5 Å². The van der Waals surface area contributed by atoms with Gasteiger partial charge in [-0.05, 0) is 36.4 Å². The smallest absolute Gasteiger partial charge is 0.374 e. The molecule has 0 fully saturated rings. The molecule has 0 atom stereocenters. The van der Waals surface area contributed by atoms with Gasteiger partial charge in [-0.1, -0.05) is 12.1 Å². The number of aromatic nitrogens is 4. The number of hydrogen-bond acceptors (Lipinski definition) is 8. The number of carbonyl (C=O) groups excluding carboxylic acids is 1. The monoisotopic (exact) mass is 391 g/mol. The second-order valence-electron chi connectivity index (χ2n) is 5.83. The minimum Gasteiger partial charge on any atom is -0.465 e. The number of nitrogens with zero attached hydrogens (tertiary/aromatic N) is 5. The van der Waals surface area contributed by atoms with Gasteiger partial charge in [-0.15, -0.1) is 0 Å². The summed E-state index contributed by atoms with van der Waals surface area (Å²) in [6.07, 6.45) is 2.63. The van der Waals surface area contributed by atoms with E-state index >= 15 is 0 Å². The van der Waals surface area contributed by atoms with Crippen molar-refractivity contribution in [1.82, 2.24) is 19.5 Å². The van der Waals surface area contributed by atoms with Gasteiger partial charge < -0.3 is 9.47 Å². The van der Waals surface area contributed by atoms with E-state index in [1.165, 1.54) is 48.6 Å². The van der Waals surface area contributed by atoms with Crippen LogP contribution in [0.5, 0.6) is 11.6 Å². The summed E-state index contributed by atoms with van der Waals surface area (Å²) in [7, 11) is 1.28. The van der Waals surface area contributed by atoms with Crippen molar-refractivity contribution in [2.24, 2.45) is 0 Å². The fourth-order valence-corrected chi connectivity index (χ4v) is 2.78. The number of benzene rings is 2. The van der Waals surface area contributed by atoms with Crippen LogP contribution < -0.4 is 4.74 Å². The quantitative estimate of drug-likeness (QED) is 0.288. The molecule has 4 aromatic rings. The van der Waals surface area contributed by atoms with Gasteiger partial charge in [0.25, 0.3) is 0 Å². The first-order chi connectivity index (χ1) is 14.1. The van der Waals surface area contributed by atoms with Crippen molar-refractivity contribution in [2.75, 3.05) is 7.11 Å². The van der Waals surface area contributed by atoms with Crippen molar-refractivity contribution in [3.63, 3.8) is 0 Å². The maximum Gasteiger partial charge on any atom is 0.374 e. The van der Waals surface area contributed by atoms with Crippen LogP contribution in [0, 0.1) is 10.1 Å². The third kappa shape index (κ3) is 3.34. The number of fused-ring (bicyclic) bond motifs is 1. The van der Waals surface area contributed by atoms with E-state index < -0.39 is 16.6 Å². The Labute approximate surface area is 163 Å². The predicted octanol–water partition coefficient (Wildman–Crippen LogP) is 3.30. The van der Waals surface area contributed by atoms with Crippen molar-refractivity contribution in [3.05, 3.63) is 76.9 Å².